The lowest BCUT2D eigenvalue weighted by Gasteiger charge is -2.12. The van der Waals surface area contributed by atoms with E-state index in [1.54, 1.807) is 0 Å². The quantitative estimate of drug-likeness (QED) is 0.510. The van der Waals surface area contributed by atoms with Crippen molar-refractivity contribution in [2.45, 2.75) is 37.6 Å². The molecule has 130 valence electrons. The Hall–Kier alpha value is -2.12. The van der Waals surface area contributed by atoms with Crippen molar-refractivity contribution in [3.05, 3.63) is 46.7 Å². The summed E-state index contributed by atoms with van der Waals surface area (Å²) >= 11 is 7.39. The van der Waals surface area contributed by atoms with Crippen LogP contribution >= 0.6 is 23.4 Å². The van der Waals surface area contributed by atoms with Crippen molar-refractivity contribution < 1.29 is 4.52 Å². The van der Waals surface area contributed by atoms with Crippen molar-refractivity contribution in [1.82, 2.24) is 20.1 Å². The van der Waals surface area contributed by atoms with Gasteiger partial charge in [-0.25, -0.2) is 9.97 Å². The highest BCUT2D eigenvalue weighted by molar-refractivity contribution is 7.98. The third-order valence-corrected chi connectivity index (χ3v) is 4.69. The highest BCUT2D eigenvalue weighted by Crippen LogP contribution is 2.31. The van der Waals surface area contributed by atoms with Crippen molar-refractivity contribution in [3.63, 3.8) is 0 Å². The standard InChI is InChI=1S/C17H18ClN5OS/c1-3-12-15(10-5-7-11(18)8-6-10)16(19)22-17(20-12)25-9-14-21-13(4-2)23-24-14/h5-8H,3-4,9H2,1-2H3,(H2,19,20,22). The molecular formula is C17H18ClN5OS. The molecule has 2 heterocycles. The van der Waals surface area contributed by atoms with Crippen LogP contribution in [0.3, 0.4) is 0 Å². The van der Waals surface area contributed by atoms with Gasteiger partial charge in [0.05, 0.1) is 11.4 Å². The summed E-state index contributed by atoms with van der Waals surface area (Å²) in [4.78, 5) is 13.4. The van der Waals surface area contributed by atoms with Crippen LogP contribution in [0.15, 0.2) is 33.9 Å². The minimum Gasteiger partial charge on any atom is -0.383 e. The first-order chi connectivity index (χ1) is 12.1. The summed E-state index contributed by atoms with van der Waals surface area (Å²) in [7, 11) is 0. The first kappa shape index (κ1) is 17.7. The number of hydrogen-bond acceptors (Lipinski definition) is 7. The molecule has 0 aliphatic rings. The number of nitrogen functional groups attached to an aromatic ring is 1. The second kappa shape index (κ2) is 7.84. The van der Waals surface area contributed by atoms with Gasteiger partial charge < -0.3 is 10.3 Å². The zero-order chi connectivity index (χ0) is 17.8. The van der Waals surface area contributed by atoms with Gasteiger partial charge in [0.25, 0.3) is 0 Å². The van der Waals surface area contributed by atoms with E-state index in [2.05, 4.69) is 20.1 Å². The topological polar surface area (TPSA) is 90.7 Å². The molecule has 0 fully saturated rings. The Labute approximate surface area is 155 Å². The zero-order valence-electron chi connectivity index (χ0n) is 14.0. The van der Waals surface area contributed by atoms with E-state index in [0.717, 1.165) is 29.7 Å². The van der Waals surface area contributed by atoms with Crippen molar-refractivity contribution in [1.29, 1.82) is 0 Å². The lowest BCUT2D eigenvalue weighted by molar-refractivity contribution is 0.385. The lowest BCUT2D eigenvalue weighted by atomic mass is 10.0. The molecule has 25 heavy (non-hydrogen) atoms. The summed E-state index contributed by atoms with van der Waals surface area (Å²) in [5.74, 6) is 2.22. The van der Waals surface area contributed by atoms with E-state index >= 15 is 0 Å². The number of benzene rings is 1. The smallest absolute Gasteiger partial charge is 0.237 e. The molecule has 0 amide bonds. The van der Waals surface area contributed by atoms with Crippen LogP contribution in [-0.2, 0) is 18.6 Å². The molecule has 0 bridgehead atoms. The highest BCUT2D eigenvalue weighted by Gasteiger charge is 2.15. The second-order valence-corrected chi connectivity index (χ2v) is 6.70. The average Bonchev–Trinajstić information content (AvgIpc) is 3.08. The van der Waals surface area contributed by atoms with Crippen molar-refractivity contribution >= 4 is 29.2 Å². The van der Waals surface area contributed by atoms with E-state index in [4.69, 9.17) is 21.9 Å². The maximum atomic E-state index is 6.21. The monoisotopic (exact) mass is 375 g/mol. The van der Waals surface area contributed by atoms with Gasteiger partial charge in [-0.3, -0.25) is 0 Å². The largest absolute Gasteiger partial charge is 0.383 e. The Bertz CT molecular complexity index is 866. The first-order valence-corrected chi connectivity index (χ1v) is 9.33. The van der Waals surface area contributed by atoms with E-state index in [1.165, 1.54) is 11.8 Å². The molecule has 6 nitrogen and oxygen atoms in total. The van der Waals surface area contributed by atoms with Gasteiger partial charge in [0.15, 0.2) is 11.0 Å². The Balaban J connectivity index is 1.84. The number of nitrogens with two attached hydrogens (primary N) is 1. The third-order valence-electron chi connectivity index (χ3n) is 3.61. The minimum atomic E-state index is 0.455. The molecule has 0 aliphatic heterocycles. The van der Waals surface area contributed by atoms with Crippen LogP contribution in [-0.4, -0.2) is 20.1 Å². The van der Waals surface area contributed by atoms with Crippen molar-refractivity contribution in [2.75, 3.05) is 5.73 Å². The number of aryl methyl sites for hydroxylation is 2. The molecule has 0 saturated carbocycles. The molecular weight excluding hydrogens is 358 g/mol. The van der Waals surface area contributed by atoms with Gasteiger partial charge in [-0.15, -0.1) is 0 Å². The van der Waals surface area contributed by atoms with Crippen LogP contribution in [0.25, 0.3) is 11.1 Å². The molecule has 0 unspecified atom stereocenters. The fourth-order valence-corrected chi connectivity index (χ4v) is 3.21. The number of hydrogen-bond donors (Lipinski definition) is 1. The van der Waals surface area contributed by atoms with E-state index in [9.17, 15) is 0 Å². The van der Waals surface area contributed by atoms with Crippen LogP contribution in [0.5, 0.6) is 0 Å². The summed E-state index contributed by atoms with van der Waals surface area (Å²) in [6, 6.07) is 7.51. The number of thioether (sulfide) groups is 1. The summed E-state index contributed by atoms with van der Waals surface area (Å²) in [5, 5.41) is 5.16. The predicted molar refractivity (Wildman–Crippen MR) is 99.5 cm³/mol. The van der Waals surface area contributed by atoms with Gasteiger partial charge in [0.2, 0.25) is 5.89 Å². The average molecular weight is 376 g/mol. The van der Waals surface area contributed by atoms with Gasteiger partial charge in [0.1, 0.15) is 5.82 Å². The summed E-state index contributed by atoms with van der Waals surface area (Å²) in [6.07, 6.45) is 1.49. The maximum Gasteiger partial charge on any atom is 0.237 e. The lowest BCUT2D eigenvalue weighted by Crippen LogP contribution is -2.04. The number of aromatic nitrogens is 4. The Morgan fingerprint density at radius 2 is 1.84 bits per heavy atom. The van der Waals surface area contributed by atoms with E-state index < -0.39 is 0 Å². The molecule has 8 heteroatoms. The van der Waals surface area contributed by atoms with Crippen LogP contribution in [0.4, 0.5) is 5.82 Å². The van der Waals surface area contributed by atoms with Gasteiger partial charge in [-0.05, 0) is 24.1 Å². The highest BCUT2D eigenvalue weighted by atomic mass is 35.5. The molecule has 0 spiro atoms. The Kier molecular flexibility index (Phi) is 5.55. The normalized spacial score (nSPS) is 11.0. The van der Waals surface area contributed by atoms with Gasteiger partial charge in [0, 0.05) is 17.0 Å². The summed E-state index contributed by atoms with van der Waals surface area (Å²) in [5.41, 5.74) is 8.93. The molecule has 3 aromatic rings. The predicted octanol–water partition coefficient (Wildman–Crippen LogP) is 4.18. The molecule has 2 aromatic heterocycles. The Morgan fingerprint density at radius 1 is 1.08 bits per heavy atom. The fourth-order valence-electron chi connectivity index (χ4n) is 2.37. The van der Waals surface area contributed by atoms with Crippen LogP contribution in [0.2, 0.25) is 5.02 Å². The molecule has 3 rings (SSSR count). The zero-order valence-corrected chi connectivity index (χ0v) is 15.6. The maximum absolute atomic E-state index is 6.21. The number of nitrogens with zero attached hydrogens (tertiary/aromatic N) is 4. The van der Waals surface area contributed by atoms with E-state index in [1.807, 2.05) is 38.1 Å². The SMILES string of the molecule is CCc1noc(CSc2nc(N)c(-c3ccc(Cl)cc3)c(CC)n2)n1. The number of halogens is 1. The molecule has 1 aromatic carbocycles. The molecule has 0 saturated heterocycles. The van der Waals surface area contributed by atoms with Crippen LogP contribution < -0.4 is 5.73 Å². The van der Waals surface area contributed by atoms with Gasteiger partial charge >= 0.3 is 0 Å². The molecule has 2 N–H and O–H groups in total. The number of anilines is 1. The number of rotatable bonds is 6. The molecule has 0 radical (unpaired) electrons. The van der Waals surface area contributed by atoms with Gasteiger partial charge in [-0.2, -0.15) is 4.98 Å². The van der Waals surface area contributed by atoms with Gasteiger partial charge in [-0.1, -0.05) is 54.5 Å². The first-order valence-electron chi connectivity index (χ1n) is 7.97. The van der Waals surface area contributed by atoms with Crippen molar-refractivity contribution in [2.24, 2.45) is 0 Å². The second-order valence-electron chi connectivity index (χ2n) is 5.32. The molecule has 0 atom stereocenters. The Morgan fingerprint density at radius 3 is 2.48 bits per heavy atom. The van der Waals surface area contributed by atoms with E-state index in [0.29, 0.717) is 33.5 Å². The van der Waals surface area contributed by atoms with Crippen LogP contribution in [0, 0.1) is 0 Å². The summed E-state index contributed by atoms with van der Waals surface area (Å²) in [6.45, 7) is 4.02. The minimum absolute atomic E-state index is 0.455. The van der Waals surface area contributed by atoms with Crippen LogP contribution in [0.1, 0.15) is 31.3 Å². The third kappa shape index (κ3) is 4.11. The fraction of sp³-hybridized carbons (Fsp3) is 0.294. The van der Waals surface area contributed by atoms with E-state index in [-0.39, 0.29) is 0 Å². The van der Waals surface area contributed by atoms with Crippen molar-refractivity contribution in [3.8, 4) is 11.1 Å². The molecule has 0 aliphatic carbocycles. The summed E-state index contributed by atoms with van der Waals surface area (Å²) < 4.78 is 5.19.